The maximum Gasteiger partial charge on any atom is 0.122 e. The van der Waals surface area contributed by atoms with Crippen LogP contribution in [0.4, 0.5) is 0 Å². The fraction of sp³-hybridized carbons (Fsp3) is 0.364. The predicted molar refractivity (Wildman–Crippen MR) is 59.4 cm³/mol. The van der Waals surface area contributed by atoms with Crippen molar-refractivity contribution in [2.24, 2.45) is 11.5 Å². The Morgan fingerprint density at radius 3 is 2.50 bits per heavy atom. The molecule has 5 N–H and O–H groups in total. The van der Waals surface area contributed by atoms with Gasteiger partial charge in [0, 0.05) is 12.1 Å². The molecule has 0 atom stereocenters. The van der Waals surface area contributed by atoms with Crippen molar-refractivity contribution >= 4 is 5.84 Å². The lowest BCUT2D eigenvalue weighted by Gasteiger charge is -2.12. The second-order valence-corrected chi connectivity index (χ2v) is 3.69. The summed E-state index contributed by atoms with van der Waals surface area (Å²) in [5.74, 6) is 0.517. The van der Waals surface area contributed by atoms with Crippen LogP contribution in [-0.2, 0) is 6.54 Å². The predicted octanol–water partition coefficient (Wildman–Crippen LogP) is 1.55. The highest BCUT2D eigenvalue weighted by molar-refractivity contribution is 5.95. The highest BCUT2D eigenvalue weighted by atomic mass is 14.7. The van der Waals surface area contributed by atoms with E-state index in [0.29, 0.717) is 12.5 Å². The highest BCUT2D eigenvalue weighted by Crippen LogP contribution is 2.20. The first kappa shape index (κ1) is 10.7. The summed E-state index contributed by atoms with van der Waals surface area (Å²) in [5.41, 5.74) is 14.1. The van der Waals surface area contributed by atoms with Gasteiger partial charge >= 0.3 is 0 Å². The lowest BCUT2D eigenvalue weighted by Crippen LogP contribution is -2.13. The van der Waals surface area contributed by atoms with Crippen molar-refractivity contribution in [2.45, 2.75) is 26.3 Å². The van der Waals surface area contributed by atoms with Gasteiger partial charge in [-0.3, -0.25) is 5.41 Å². The summed E-state index contributed by atoms with van der Waals surface area (Å²) in [6.45, 7) is 4.75. The van der Waals surface area contributed by atoms with Gasteiger partial charge in [0.05, 0.1) is 0 Å². The van der Waals surface area contributed by atoms with E-state index in [4.69, 9.17) is 16.9 Å². The lowest BCUT2D eigenvalue weighted by molar-refractivity contribution is 0.839. The molecule has 1 aromatic carbocycles. The molecule has 0 fully saturated rings. The molecule has 0 amide bonds. The smallest absolute Gasteiger partial charge is 0.122 e. The van der Waals surface area contributed by atoms with E-state index in [1.165, 1.54) is 5.56 Å². The molecule has 0 aromatic heterocycles. The van der Waals surface area contributed by atoms with Gasteiger partial charge < -0.3 is 11.5 Å². The molecule has 1 aromatic rings. The van der Waals surface area contributed by atoms with Crippen LogP contribution in [0.25, 0.3) is 0 Å². The molecule has 0 unspecified atom stereocenters. The number of hydrogen-bond acceptors (Lipinski definition) is 2. The van der Waals surface area contributed by atoms with Crippen LogP contribution in [0.1, 0.15) is 36.5 Å². The number of hydrogen-bond donors (Lipinski definition) is 3. The van der Waals surface area contributed by atoms with Crippen LogP contribution in [-0.4, -0.2) is 5.84 Å². The largest absolute Gasteiger partial charge is 0.384 e. The second kappa shape index (κ2) is 4.24. The average molecular weight is 191 g/mol. The quantitative estimate of drug-likeness (QED) is 0.501. The van der Waals surface area contributed by atoms with Crippen LogP contribution in [0.2, 0.25) is 0 Å². The monoisotopic (exact) mass is 191 g/mol. The van der Waals surface area contributed by atoms with Gasteiger partial charge in [0.25, 0.3) is 0 Å². The molecule has 0 saturated carbocycles. The molecule has 0 aliphatic heterocycles. The Kier molecular flexibility index (Phi) is 3.25. The minimum absolute atomic E-state index is 0.107. The summed E-state index contributed by atoms with van der Waals surface area (Å²) in [7, 11) is 0. The third kappa shape index (κ3) is 2.12. The van der Waals surface area contributed by atoms with E-state index in [1.807, 2.05) is 18.2 Å². The highest BCUT2D eigenvalue weighted by Gasteiger charge is 2.07. The molecule has 14 heavy (non-hydrogen) atoms. The standard InChI is InChI=1S/C11H17N3/c1-7(2)10-5-8(11(13)14)3-4-9(10)6-12/h3-5,7H,6,12H2,1-2H3,(H3,13,14). The van der Waals surface area contributed by atoms with Crippen LogP contribution >= 0.6 is 0 Å². The SMILES string of the molecule is CC(C)c1cc(C(=N)N)ccc1CN. The van der Waals surface area contributed by atoms with Crippen molar-refractivity contribution in [1.29, 1.82) is 5.41 Å². The fourth-order valence-electron chi connectivity index (χ4n) is 1.49. The van der Waals surface area contributed by atoms with E-state index >= 15 is 0 Å². The Labute approximate surface area is 84.6 Å². The Balaban J connectivity index is 3.20. The zero-order valence-electron chi connectivity index (χ0n) is 8.67. The van der Waals surface area contributed by atoms with Crippen molar-refractivity contribution in [3.8, 4) is 0 Å². The molecule has 0 aliphatic carbocycles. The van der Waals surface area contributed by atoms with Gasteiger partial charge in [-0.15, -0.1) is 0 Å². The summed E-state index contributed by atoms with van der Waals surface area (Å²) in [5, 5.41) is 7.35. The van der Waals surface area contributed by atoms with Crippen LogP contribution in [0.3, 0.4) is 0 Å². The molecule has 1 rings (SSSR count). The summed E-state index contributed by atoms with van der Waals surface area (Å²) < 4.78 is 0. The van der Waals surface area contributed by atoms with Gasteiger partial charge in [0.15, 0.2) is 0 Å². The normalized spacial score (nSPS) is 10.6. The maximum absolute atomic E-state index is 7.35. The maximum atomic E-state index is 7.35. The summed E-state index contributed by atoms with van der Waals surface area (Å²) in [4.78, 5) is 0. The first-order valence-electron chi connectivity index (χ1n) is 4.73. The second-order valence-electron chi connectivity index (χ2n) is 3.69. The molecule has 0 aliphatic rings. The molecule has 0 radical (unpaired) electrons. The Morgan fingerprint density at radius 1 is 1.43 bits per heavy atom. The third-order valence-corrected chi connectivity index (χ3v) is 2.30. The molecule has 0 saturated heterocycles. The molecule has 76 valence electrons. The van der Waals surface area contributed by atoms with E-state index in [9.17, 15) is 0 Å². The minimum atomic E-state index is 0.107. The van der Waals surface area contributed by atoms with E-state index in [1.54, 1.807) is 0 Å². The van der Waals surface area contributed by atoms with E-state index in [-0.39, 0.29) is 5.84 Å². The van der Waals surface area contributed by atoms with Crippen LogP contribution in [0.5, 0.6) is 0 Å². The molecular formula is C11H17N3. The molecule has 3 heteroatoms. The first-order valence-corrected chi connectivity index (χ1v) is 4.73. The van der Waals surface area contributed by atoms with Gasteiger partial charge in [-0.2, -0.15) is 0 Å². The number of rotatable bonds is 3. The summed E-state index contributed by atoms with van der Waals surface area (Å²) >= 11 is 0. The minimum Gasteiger partial charge on any atom is -0.384 e. The van der Waals surface area contributed by atoms with Crippen molar-refractivity contribution in [2.75, 3.05) is 0 Å². The number of nitrogens with two attached hydrogens (primary N) is 2. The van der Waals surface area contributed by atoms with Crippen molar-refractivity contribution in [3.05, 3.63) is 34.9 Å². The summed E-state index contributed by atoms with van der Waals surface area (Å²) in [6, 6.07) is 5.75. The number of benzene rings is 1. The summed E-state index contributed by atoms with van der Waals surface area (Å²) in [6.07, 6.45) is 0. The fourth-order valence-corrected chi connectivity index (χ4v) is 1.49. The zero-order valence-corrected chi connectivity index (χ0v) is 8.67. The first-order chi connectivity index (χ1) is 6.56. The number of amidine groups is 1. The van der Waals surface area contributed by atoms with Crippen LogP contribution < -0.4 is 11.5 Å². The Morgan fingerprint density at radius 2 is 2.07 bits per heavy atom. The van der Waals surface area contributed by atoms with E-state index in [2.05, 4.69) is 13.8 Å². The Bertz CT molecular complexity index is 342. The molecule has 3 nitrogen and oxygen atoms in total. The van der Waals surface area contributed by atoms with Crippen molar-refractivity contribution in [3.63, 3.8) is 0 Å². The number of nitrogens with one attached hydrogen (secondary N) is 1. The Hall–Kier alpha value is -1.35. The molecule has 0 heterocycles. The van der Waals surface area contributed by atoms with Crippen molar-refractivity contribution in [1.82, 2.24) is 0 Å². The van der Waals surface area contributed by atoms with Gasteiger partial charge in [0.2, 0.25) is 0 Å². The van der Waals surface area contributed by atoms with Gasteiger partial charge in [0.1, 0.15) is 5.84 Å². The van der Waals surface area contributed by atoms with E-state index in [0.717, 1.165) is 11.1 Å². The molecule has 0 bridgehead atoms. The molecular weight excluding hydrogens is 174 g/mol. The van der Waals surface area contributed by atoms with Gasteiger partial charge in [-0.25, -0.2) is 0 Å². The lowest BCUT2D eigenvalue weighted by atomic mass is 9.95. The van der Waals surface area contributed by atoms with Crippen molar-refractivity contribution < 1.29 is 0 Å². The average Bonchev–Trinajstić information content (AvgIpc) is 2.16. The number of nitrogen functional groups attached to an aromatic ring is 1. The zero-order chi connectivity index (χ0) is 10.7. The van der Waals surface area contributed by atoms with Gasteiger partial charge in [-0.1, -0.05) is 26.0 Å². The topological polar surface area (TPSA) is 75.9 Å². The molecule has 0 spiro atoms. The van der Waals surface area contributed by atoms with Gasteiger partial charge in [-0.05, 0) is 23.1 Å². The third-order valence-electron chi connectivity index (χ3n) is 2.30. The van der Waals surface area contributed by atoms with Crippen LogP contribution in [0.15, 0.2) is 18.2 Å². The van der Waals surface area contributed by atoms with E-state index < -0.39 is 0 Å². The van der Waals surface area contributed by atoms with Crippen LogP contribution in [0, 0.1) is 5.41 Å².